The van der Waals surface area contributed by atoms with Crippen LogP contribution in [0, 0.1) is 10.1 Å². The monoisotopic (exact) mass is 391 g/mol. The quantitative estimate of drug-likeness (QED) is 0.410. The van der Waals surface area contributed by atoms with Crippen LogP contribution in [-0.2, 0) is 0 Å². The number of nitrogens with one attached hydrogen (secondary N) is 2. The summed E-state index contributed by atoms with van der Waals surface area (Å²) in [4.78, 5) is 23.4. The van der Waals surface area contributed by atoms with E-state index in [-0.39, 0.29) is 5.69 Å². The van der Waals surface area contributed by atoms with E-state index >= 15 is 0 Å². The number of hydrogen-bond donors (Lipinski definition) is 2. The predicted octanol–water partition coefficient (Wildman–Crippen LogP) is 3.16. The SMILES string of the molecule is CN1CCCN(c2ccc3nc(-c4n[nH]c5cc([N+](=O)[O-])ccc45)[nH]c3c2)CC1. The normalized spacial score (nSPS) is 15.8. The summed E-state index contributed by atoms with van der Waals surface area (Å²) in [6.45, 7) is 4.22. The van der Waals surface area contributed by atoms with E-state index in [4.69, 9.17) is 0 Å². The number of nitro groups is 1. The van der Waals surface area contributed by atoms with Crippen LogP contribution in [0.2, 0.25) is 0 Å². The van der Waals surface area contributed by atoms with Gasteiger partial charge in [-0.05, 0) is 44.3 Å². The van der Waals surface area contributed by atoms with Crippen molar-refractivity contribution in [3.8, 4) is 11.5 Å². The van der Waals surface area contributed by atoms with Crippen LogP contribution in [0.4, 0.5) is 11.4 Å². The summed E-state index contributed by atoms with van der Waals surface area (Å²) in [5, 5.41) is 19.0. The maximum atomic E-state index is 11.0. The van der Waals surface area contributed by atoms with E-state index in [1.54, 1.807) is 6.07 Å². The zero-order chi connectivity index (χ0) is 20.0. The van der Waals surface area contributed by atoms with Crippen LogP contribution in [0.25, 0.3) is 33.5 Å². The Morgan fingerprint density at radius 3 is 2.83 bits per heavy atom. The van der Waals surface area contributed by atoms with E-state index in [9.17, 15) is 10.1 Å². The summed E-state index contributed by atoms with van der Waals surface area (Å²) in [6.07, 6.45) is 1.15. The molecule has 0 radical (unpaired) electrons. The summed E-state index contributed by atoms with van der Waals surface area (Å²) in [5.41, 5.74) is 4.31. The van der Waals surface area contributed by atoms with Gasteiger partial charge in [0.1, 0.15) is 5.69 Å². The molecule has 0 atom stereocenters. The maximum Gasteiger partial charge on any atom is 0.271 e. The van der Waals surface area contributed by atoms with Crippen molar-refractivity contribution < 1.29 is 4.92 Å². The number of H-pyrrole nitrogens is 2. The first-order valence-electron chi connectivity index (χ1n) is 9.64. The van der Waals surface area contributed by atoms with Crippen molar-refractivity contribution >= 4 is 33.3 Å². The second-order valence-electron chi connectivity index (χ2n) is 7.49. The molecule has 29 heavy (non-hydrogen) atoms. The lowest BCUT2D eigenvalue weighted by atomic mass is 10.2. The van der Waals surface area contributed by atoms with Crippen molar-refractivity contribution in [3.05, 3.63) is 46.5 Å². The maximum absolute atomic E-state index is 11.0. The molecule has 1 aliphatic rings. The van der Waals surface area contributed by atoms with Gasteiger partial charge in [0, 0.05) is 42.8 Å². The van der Waals surface area contributed by atoms with E-state index in [1.165, 1.54) is 17.8 Å². The second-order valence-corrected chi connectivity index (χ2v) is 7.49. The van der Waals surface area contributed by atoms with Gasteiger partial charge in [0.2, 0.25) is 0 Å². The number of fused-ring (bicyclic) bond motifs is 2. The van der Waals surface area contributed by atoms with E-state index < -0.39 is 4.92 Å². The molecule has 0 aliphatic carbocycles. The molecule has 2 aromatic heterocycles. The van der Waals surface area contributed by atoms with Crippen LogP contribution < -0.4 is 4.90 Å². The number of likely N-dealkylation sites (N-methyl/N-ethyl adjacent to an activating group) is 1. The summed E-state index contributed by atoms with van der Waals surface area (Å²) in [6, 6.07) is 11.0. The van der Waals surface area contributed by atoms with Crippen LogP contribution >= 0.6 is 0 Å². The third-order valence-electron chi connectivity index (χ3n) is 5.53. The third kappa shape index (κ3) is 3.19. The van der Waals surface area contributed by atoms with Crippen molar-refractivity contribution in [2.75, 3.05) is 38.1 Å². The predicted molar refractivity (Wildman–Crippen MR) is 112 cm³/mol. The van der Waals surface area contributed by atoms with Crippen LogP contribution in [0.5, 0.6) is 0 Å². The Morgan fingerprint density at radius 2 is 1.97 bits per heavy atom. The van der Waals surface area contributed by atoms with Crippen molar-refractivity contribution in [1.29, 1.82) is 0 Å². The fourth-order valence-corrected chi connectivity index (χ4v) is 3.91. The third-order valence-corrected chi connectivity index (χ3v) is 5.53. The molecule has 0 saturated carbocycles. The van der Waals surface area contributed by atoms with Crippen molar-refractivity contribution in [1.82, 2.24) is 25.1 Å². The minimum absolute atomic E-state index is 0.0324. The van der Waals surface area contributed by atoms with Crippen LogP contribution in [0.15, 0.2) is 36.4 Å². The van der Waals surface area contributed by atoms with Gasteiger partial charge in [-0.25, -0.2) is 4.98 Å². The highest BCUT2D eigenvalue weighted by molar-refractivity contribution is 5.94. The molecule has 1 fully saturated rings. The van der Waals surface area contributed by atoms with Crippen molar-refractivity contribution in [2.24, 2.45) is 0 Å². The highest BCUT2D eigenvalue weighted by Crippen LogP contribution is 2.30. The fourth-order valence-electron chi connectivity index (χ4n) is 3.91. The number of aromatic amines is 2. The molecule has 0 spiro atoms. The van der Waals surface area contributed by atoms with Crippen LogP contribution in [0.3, 0.4) is 0 Å². The number of nitro benzene ring substituents is 1. The van der Waals surface area contributed by atoms with Gasteiger partial charge in [0.25, 0.3) is 5.69 Å². The summed E-state index contributed by atoms with van der Waals surface area (Å²) in [5.74, 6) is 0.646. The highest BCUT2D eigenvalue weighted by atomic mass is 16.6. The van der Waals surface area contributed by atoms with Gasteiger partial charge < -0.3 is 14.8 Å². The molecular weight excluding hydrogens is 370 g/mol. The molecule has 4 aromatic rings. The van der Waals surface area contributed by atoms with Gasteiger partial charge >= 0.3 is 0 Å². The Morgan fingerprint density at radius 1 is 1.07 bits per heavy atom. The van der Waals surface area contributed by atoms with E-state index in [0.717, 1.165) is 49.0 Å². The highest BCUT2D eigenvalue weighted by Gasteiger charge is 2.17. The number of anilines is 1. The first-order chi connectivity index (χ1) is 14.1. The summed E-state index contributed by atoms with van der Waals surface area (Å²) >= 11 is 0. The smallest absolute Gasteiger partial charge is 0.271 e. The molecule has 0 unspecified atom stereocenters. The molecule has 0 bridgehead atoms. The first kappa shape index (κ1) is 17.6. The first-order valence-corrected chi connectivity index (χ1v) is 9.64. The molecule has 9 heteroatoms. The molecule has 1 aliphatic heterocycles. The lowest BCUT2D eigenvalue weighted by molar-refractivity contribution is -0.384. The standard InChI is InChI=1S/C20H21N7O2/c1-25-7-2-8-26(10-9-25)13-4-6-16-18(11-13)22-20(21-16)19-15-5-3-14(27(28)29)12-17(15)23-24-19/h3-6,11-12H,2,7-10H2,1H3,(H,21,22)(H,23,24). The molecule has 0 amide bonds. The van der Waals surface area contributed by atoms with Gasteiger partial charge in [-0.15, -0.1) is 0 Å². The molecule has 5 rings (SSSR count). The number of benzene rings is 2. The Hall–Kier alpha value is -3.46. The van der Waals surface area contributed by atoms with Crippen molar-refractivity contribution in [2.45, 2.75) is 6.42 Å². The molecule has 2 N–H and O–H groups in total. The summed E-state index contributed by atoms with van der Waals surface area (Å²) < 4.78 is 0. The van der Waals surface area contributed by atoms with Gasteiger partial charge in [0.15, 0.2) is 5.82 Å². The topological polar surface area (TPSA) is 107 Å². The Labute approximate surface area is 166 Å². The van der Waals surface area contributed by atoms with Gasteiger partial charge in [-0.2, -0.15) is 5.10 Å². The fraction of sp³-hybridized carbons (Fsp3) is 0.300. The minimum atomic E-state index is -0.413. The average molecular weight is 391 g/mol. The zero-order valence-corrected chi connectivity index (χ0v) is 16.1. The number of aromatic nitrogens is 4. The average Bonchev–Trinajstić information content (AvgIpc) is 3.26. The minimum Gasteiger partial charge on any atom is -0.370 e. The Balaban J connectivity index is 1.50. The molecule has 148 valence electrons. The van der Waals surface area contributed by atoms with Crippen molar-refractivity contribution in [3.63, 3.8) is 0 Å². The number of imidazole rings is 1. The number of nitrogens with zero attached hydrogens (tertiary/aromatic N) is 5. The molecule has 1 saturated heterocycles. The number of non-ortho nitro benzene ring substituents is 1. The van der Waals surface area contributed by atoms with E-state index in [1.807, 2.05) is 6.07 Å². The lowest BCUT2D eigenvalue weighted by Gasteiger charge is -2.22. The van der Waals surface area contributed by atoms with Crippen LogP contribution in [-0.4, -0.2) is 63.2 Å². The lowest BCUT2D eigenvalue weighted by Crippen LogP contribution is -2.28. The molecular formula is C20H21N7O2. The van der Waals surface area contributed by atoms with Gasteiger partial charge in [-0.1, -0.05) is 0 Å². The second kappa shape index (κ2) is 6.85. The Kier molecular flexibility index (Phi) is 4.17. The Bertz CT molecular complexity index is 1210. The van der Waals surface area contributed by atoms with Crippen LogP contribution in [0.1, 0.15) is 6.42 Å². The van der Waals surface area contributed by atoms with Gasteiger partial charge in [0.05, 0.1) is 21.5 Å². The largest absolute Gasteiger partial charge is 0.370 e. The molecule has 3 heterocycles. The summed E-state index contributed by atoms with van der Waals surface area (Å²) in [7, 11) is 2.16. The number of hydrogen-bond acceptors (Lipinski definition) is 6. The molecule has 9 nitrogen and oxygen atoms in total. The van der Waals surface area contributed by atoms with Gasteiger partial charge in [-0.3, -0.25) is 15.2 Å². The number of rotatable bonds is 3. The molecule has 2 aromatic carbocycles. The van der Waals surface area contributed by atoms with E-state index in [2.05, 4.69) is 49.1 Å². The zero-order valence-electron chi connectivity index (χ0n) is 16.1. The van der Waals surface area contributed by atoms with E-state index in [0.29, 0.717) is 17.0 Å².